The molecule has 0 aliphatic heterocycles. The van der Waals surface area contributed by atoms with Gasteiger partial charge in [-0.05, 0) is 12.0 Å². The summed E-state index contributed by atoms with van der Waals surface area (Å²) in [5, 5.41) is 5.40. The second kappa shape index (κ2) is 10.5. The molecule has 0 spiro atoms. The number of carbonyl (C=O) groups excluding carboxylic acids is 1. The highest BCUT2D eigenvalue weighted by Crippen LogP contribution is 2.05. The van der Waals surface area contributed by atoms with E-state index in [0.29, 0.717) is 5.92 Å². The first-order chi connectivity index (χ1) is 5.62. The van der Waals surface area contributed by atoms with Gasteiger partial charge in [0.25, 0.3) is 0 Å². The molecule has 0 saturated heterocycles. The Morgan fingerprint density at radius 3 is 1.83 bits per heavy atom. The van der Waals surface area contributed by atoms with Crippen molar-refractivity contribution in [1.82, 2.24) is 0 Å². The van der Waals surface area contributed by atoms with Crippen LogP contribution in [0.4, 0.5) is 0 Å². The Labute approximate surface area is 75.2 Å². The van der Waals surface area contributed by atoms with E-state index in [-0.39, 0.29) is 0 Å². The summed E-state index contributed by atoms with van der Waals surface area (Å²) in [6, 6.07) is 1.10. The highest BCUT2D eigenvalue weighted by Gasteiger charge is 2.10. The minimum absolute atomic E-state index is 0.696. The molecule has 0 unspecified atom stereocenters. The molecule has 0 radical (unpaired) electrons. The quantitative estimate of drug-likeness (QED) is 0.410. The first-order valence-electron chi connectivity index (χ1n) is 3.71. The summed E-state index contributed by atoms with van der Waals surface area (Å²) in [4.78, 5) is 8.35. The van der Waals surface area contributed by atoms with Gasteiger partial charge < -0.3 is 8.85 Å². The molecule has 0 fully saturated rings. The summed E-state index contributed by atoms with van der Waals surface area (Å²) >= 11 is 0. The summed E-state index contributed by atoms with van der Waals surface area (Å²) in [5.41, 5.74) is 0. The maximum atomic E-state index is 8.35. The van der Waals surface area contributed by atoms with E-state index in [1.807, 2.05) is 0 Å². The molecule has 4 nitrogen and oxygen atoms in total. The van der Waals surface area contributed by atoms with Crippen LogP contribution >= 0.6 is 0 Å². The monoisotopic (exact) mass is 191 g/mol. The van der Waals surface area contributed by atoms with Gasteiger partial charge in [0, 0.05) is 14.2 Å². The van der Waals surface area contributed by atoms with Crippen LogP contribution in [0.5, 0.6) is 0 Å². The summed E-state index contributed by atoms with van der Waals surface area (Å²) < 4.78 is 10.3. The Morgan fingerprint density at radius 1 is 1.42 bits per heavy atom. The summed E-state index contributed by atoms with van der Waals surface area (Å²) in [6.07, 6.45) is 0.750. The predicted molar refractivity (Wildman–Crippen MR) is 49.2 cm³/mol. The van der Waals surface area contributed by atoms with E-state index in [0.717, 1.165) is 12.1 Å². The summed E-state index contributed by atoms with van der Waals surface area (Å²) in [5.74, 6) is 0.696. The Kier molecular flexibility index (Phi) is 12.3. The van der Waals surface area contributed by atoms with Gasteiger partial charge in [-0.15, -0.1) is 0 Å². The standard InChI is InChI=1S/C6H16O2Si.CHNO/c1-6(2)5-9(7-3)8-4;2-1-3/h6,9H,5H2,1-4H3;2H. The number of isocyanates is 1. The van der Waals surface area contributed by atoms with Crippen molar-refractivity contribution >= 4 is 15.4 Å². The highest BCUT2D eigenvalue weighted by atomic mass is 28.3. The lowest BCUT2D eigenvalue weighted by atomic mass is 10.3. The maximum Gasteiger partial charge on any atom is 0.321 e. The second-order valence-electron chi connectivity index (χ2n) is 2.63. The molecular weight excluding hydrogens is 174 g/mol. The van der Waals surface area contributed by atoms with E-state index in [1.165, 1.54) is 0 Å². The molecule has 0 aliphatic carbocycles. The van der Waals surface area contributed by atoms with Gasteiger partial charge in [0.1, 0.15) is 0 Å². The van der Waals surface area contributed by atoms with Gasteiger partial charge in [0.2, 0.25) is 6.08 Å². The SMILES string of the molecule is CO[SiH](CC(C)C)OC.N=C=O. The third kappa shape index (κ3) is 12.2. The predicted octanol–water partition coefficient (Wildman–Crippen LogP) is 1.06. The fourth-order valence-electron chi connectivity index (χ4n) is 0.674. The Morgan fingerprint density at radius 2 is 1.75 bits per heavy atom. The molecule has 0 saturated carbocycles. The zero-order valence-corrected chi connectivity index (χ0v) is 9.24. The third-order valence-corrected chi connectivity index (χ3v) is 3.57. The van der Waals surface area contributed by atoms with E-state index in [4.69, 9.17) is 19.1 Å². The minimum Gasteiger partial charge on any atom is -0.400 e. The molecule has 0 atom stereocenters. The zero-order valence-electron chi connectivity index (χ0n) is 8.09. The molecule has 0 aromatic carbocycles. The van der Waals surface area contributed by atoms with E-state index in [9.17, 15) is 0 Å². The summed E-state index contributed by atoms with van der Waals surface area (Å²) in [6.45, 7) is 4.36. The third-order valence-electron chi connectivity index (χ3n) is 1.19. The lowest BCUT2D eigenvalue weighted by molar-refractivity contribution is 0.272. The lowest BCUT2D eigenvalue weighted by Crippen LogP contribution is -2.20. The van der Waals surface area contributed by atoms with Crippen molar-refractivity contribution in [2.24, 2.45) is 5.92 Å². The molecule has 12 heavy (non-hydrogen) atoms. The van der Waals surface area contributed by atoms with Gasteiger partial charge in [-0.25, -0.2) is 10.2 Å². The molecular formula is C7H17NO3Si. The van der Waals surface area contributed by atoms with Crippen LogP contribution in [0, 0.1) is 11.3 Å². The first-order valence-corrected chi connectivity index (χ1v) is 5.47. The molecule has 1 N–H and O–H groups in total. The molecule has 72 valence electrons. The Hall–Kier alpha value is -0.483. The molecule has 5 heteroatoms. The molecule has 0 rings (SSSR count). The van der Waals surface area contributed by atoms with Crippen LogP contribution in [0.15, 0.2) is 0 Å². The van der Waals surface area contributed by atoms with Gasteiger partial charge >= 0.3 is 9.28 Å². The van der Waals surface area contributed by atoms with Crippen LogP contribution in [0.1, 0.15) is 13.8 Å². The van der Waals surface area contributed by atoms with Crippen molar-refractivity contribution in [3.05, 3.63) is 0 Å². The van der Waals surface area contributed by atoms with Crippen LogP contribution in [0.3, 0.4) is 0 Å². The van der Waals surface area contributed by atoms with Crippen molar-refractivity contribution in [3.8, 4) is 0 Å². The summed E-state index contributed by atoms with van der Waals surface area (Å²) in [7, 11) is 2.20. The average molecular weight is 191 g/mol. The van der Waals surface area contributed by atoms with Crippen molar-refractivity contribution in [3.63, 3.8) is 0 Å². The second-order valence-corrected chi connectivity index (χ2v) is 4.91. The number of hydrogen-bond acceptors (Lipinski definition) is 4. The van der Waals surface area contributed by atoms with Crippen molar-refractivity contribution in [1.29, 1.82) is 5.41 Å². The van der Waals surface area contributed by atoms with Crippen LogP contribution in [-0.4, -0.2) is 29.6 Å². The molecule has 0 heterocycles. The molecule has 0 aromatic heterocycles. The van der Waals surface area contributed by atoms with Crippen LogP contribution in [0.25, 0.3) is 0 Å². The van der Waals surface area contributed by atoms with Crippen LogP contribution in [0.2, 0.25) is 6.04 Å². The van der Waals surface area contributed by atoms with Crippen LogP contribution < -0.4 is 0 Å². The largest absolute Gasteiger partial charge is 0.400 e. The van der Waals surface area contributed by atoms with Gasteiger partial charge in [0.05, 0.1) is 0 Å². The zero-order chi connectivity index (χ0) is 9.98. The van der Waals surface area contributed by atoms with Crippen LogP contribution in [-0.2, 0) is 13.6 Å². The van der Waals surface area contributed by atoms with E-state index >= 15 is 0 Å². The fraction of sp³-hybridized carbons (Fsp3) is 0.857. The van der Waals surface area contributed by atoms with Gasteiger partial charge in [-0.1, -0.05) is 13.8 Å². The molecule has 0 bridgehead atoms. The van der Waals surface area contributed by atoms with E-state index in [1.54, 1.807) is 14.2 Å². The highest BCUT2D eigenvalue weighted by molar-refractivity contribution is 6.44. The van der Waals surface area contributed by atoms with E-state index in [2.05, 4.69) is 13.8 Å². The number of rotatable bonds is 4. The molecule has 0 aliphatic rings. The number of nitrogens with one attached hydrogen (secondary N) is 1. The normalized spacial score (nSPS) is 9.17. The fourth-order valence-corrected chi connectivity index (χ4v) is 2.02. The average Bonchev–Trinajstić information content (AvgIpc) is 2.01. The number of hydrogen-bond donors (Lipinski definition) is 1. The van der Waals surface area contributed by atoms with Crippen molar-refractivity contribution in [2.75, 3.05) is 14.2 Å². The Bertz CT molecular complexity index is 120. The Balaban J connectivity index is 0. The molecule has 0 aromatic rings. The van der Waals surface area contributed by atoms with E-state index < -0.39 is 9.28 Å². The van der Waals surface area contributed by atoms with Gasteiger partial charge in [-0.3, -0.25) is 0 Å². The van der Waals surface area contributed by atoms with Crippen molar-refractivity contribution in [2.45, 2.75) is 19.9 Å². The van der Waals surface area contributed by atoms with Crippen molar-refractivity contribution < 1.29 is 13.6 Å². The molecule has 0 amide bonds. The van der Waals surface area contributed by atoms with Gasteiger partial charge in [-0.2, -0.15) is 0 Å². The first kappa shape index (κ1) is 14.1. The topological polar surface area (TPSA) is 59.4 Å². The maximum absolute atomic E-state index is 8.35. The lowest BCUT2D eigenvalue weighted by Gasteiger charge is -2.12. The van der Waals surface area contributed by atoms with Gasteiger partial charge in [0.15, 0.2) is 0 Å². The minimum atomic E-state index is -1.25. The smallest absolute Gasteiger partial charge is 0.321 e.